The maximum Gasteiger partial charge on any atom is 0.113 e. The van der Waals surface area contributed by atoms with Gasteiger partial charge in [-0.15, -0.1) is 0 Å². The summed E-state index contributed by atoms with van der Waals surface area (Å²) >= 11 is 0. The van der Waals surface area contributed by atoms with Gasteiger partial charge in [-0.3, -0.25) is 0 Å². The molecule has 0 unspecified atom stereocenters. The zero-order valence-corrected chi connectivity index (χ0v) is 7.29. The lowest BCUT2D eigenvalue weighted by Gasteiger charge is -2.16. The molecular weight excluding hydrogens is 136 g/mol. The van der Waals surface area contributed by atoms with Crippen LogP contribution in [0.4, 0.5) is 0 Å². The summed E-state index contributed by atoms with van der Waals surface area (Å²) in [5, 5.41) is 0. The Hall–Kier alpha value is -0.980. The highest BCUT2D eigenvalue weighted by molar-refractivity contribution is 5.18. The van der Waals surface area contributed by atoms with Crippen LogP contribution in [0.1, 0.15) is 26.5 Å². The van der Waals surface area contributed by atoms with Crippen molar-refractivity contribution in [3.05, 3.63) is 36.3 Å². The van der Waals surface area contributed by atoms with Crippen LogP contribution < -0.4 is 0 Å². The molecule has 1 heterocycles. The van der Waals surface area contributed by atoms with Crippen LogP contribution in [0, 0.1) is 0 Å². The Bertz CT molecular complexity index is 229. The Morgan fingerprint density at radius 3 is 2.64 bits per heavy atom. The first-order chi connectivity index (χ1) is 5.17. The molecule has 0 amide bonds. The molecule has 1 rings (SSSR count). The summed E-state index contributed by atoms with van der Waals surface area (Å²) in [5.41, 5.74) is 0.0260. The van der Waals surface area contributed by atoms with Gasteiger partial charge in [-0.25, -0.2) is 0 Å². The number of rotatable bonds is 2. The molecule has 1 aromatic rings. The van der Waals surface area contributed by atoms with E-state index in [1.807, 2.05) is 25.1 Å². The van der Waals surface area contributed by atoms with E-state index in [-0.39, 0.29) is 5.41 Å². The highest BCUT2D eigenvalue weighted by atomic mass is 16.3. The third-order valence-electron chi connectivity index (χ3n) is 1.74. The van der Waals surface area contributed by atoms with E-state index in [4.69, 9.17) is 4.42 Å². The van der Waals surface area contributed by atoms with Gasteiger partial charge in [-0.05, 0) is 32.9 Å². The lowest BCUT2D eigenvalue weighted by Crippen LogP contribution is -2.11. The second kappa shape index (κ2) is 2.95. The smallest absolute Gasteiger partial charge is 0.113 e. The summed E-state index contributed by atoms with van der Waals surface area (Å²) in [7, 11) is 0. The Morgan fingerprint density at radius 1 is 1.45 bits per heavy atom. The zero-order chi connectivity index (χ0) is 8.32. The van der Waals surface area contributed by atoms with Gasteiger partial charge in [0.15, 0.2) is 0 Å². The van der Waals surface area contributed by atoms with Crippen LogP contribution in [0.15, 0.2) is 35.0 Å². The number of allylic oxidation sites excluding steroid dienone is 2. The van der Waals surface area contributed by atoms with Gasteiger partial charge >= 0.3 is 0 Å². The number of furan rings is 1. The molecule has 60 valence electrons. The molecule has 0 saturated heterocycles. The van der Waals surface area contributed by atoms with Crippen molar-refractivity contribution in [2.45, 2.75) is 26.2 Å². The van der Waals surface area contributed by atoms with E-state index in [0.29, 0.717) is 0 Å². The average molecular weight is 150 g/mol. The van der Waals surface area contributed by atoms with Gasteiger partial charge in [0, 0.05) is 5.41 Å². The predicted molar refractivity (Wildman–Crippen MR) is 46.5 cm³/mol. The van der Waals surface area contributed by atoms with Crippen molar-refractivity contribution < 1.29 is 4.42 Å². The molecule has 0 aromatic carbocycles. The van der Waals surface area contributed by atoms with Gasteiger partial charge in [-0.2, -0.15) is 0 Å². The molecular formula is C10H14O. The quantitative estimate of drug-likeness (QED) is 0.590. The molecule has 1 heteroatoms. The van der Waals surface area contributed by atoms with Gasteiger partial charge in [0.1, 0.15) is 5.76 Å². The SMILES string of the molecule is C/C=C\C(C)(C)c1ccco1. The summed E-state index contributed by atoms with van der Waals surface area (Å²) in [6.45, 7) is 6.28. The maximum absolute atomic E-state index is 5.30. The first-order valence-electron chi connectivity index (χ1n) is 3.84. The summed E-state index contributed by atoms with van der Waals surface area (Å²) in [6.07, 6.45) is 5.88. The molecule has 11 heavy (non-hydrogen) atoms. The molecule has 0 spiro atoms. The monoisotopic (exact) mass is 150 g/mol. The summed E-state index contributed by atoms with van der Waals surface area (Å²) in [4.78, 5) is 0. The van der Waals surface area contributed by atoms with Crippen LogP contribution in [-0.2, 0) is 5.41 Å². The van der Waals surface area contributed by atoms with E-state index in [1.54, 1.807) is 6.26 Å². The molecule has 0 bridgehead atoms. The van der Waals surface area contributed by atoms with Crippen molar-refractivity contribution >= 4 is 0 Å². The van der Waals surface area contributed by atoms with Crippen molar-refractivity contribution in [2.24, 2.45) is 0 Å². The van der Waals surface area contributed by atoms with Crippen LogP contribution >= 0.6 is 0 Å². The first-order valence-corrected chi connectivity index (χ1v) is 3.84. The largest absolute Gasteiger partial charge is 0.468 e. The fourth-order valence-electron chi connectivity index (χ4n) is 1.14. The molecule has 0 atom stereocenters. The lowest BCUT2D eigenvalue weighted by molar-refractivity contribution is 0.438. The standard InChI is InChI=1S/C10H14O/c1-4-7-10(2,3)9-6-5-8-11-9/h4-8H,1-3H3/b7-4-. The molecule has 0 aliphatic carbocycles. The molecule has 0 fully saturated rings. The van der Waals surface area contributed by atoms with Gasteiger partial charge in [0.2, 0.25) is 0 Å². The Labute approximate surface area is 67.7 Å². The topological polar surface area (TPSA) is 13.1 Å². The second-order valence-corrected chi connectivity index (χ2v) is 3.20. The normalized spacial score (nSPS) is 12.6. The van der Waals surface area contributed by atoms with Gasteiger partial charge in [-0.1, -0.05) is 12.2 Å². The number of hydrogen-bond acceptors (Lipinski definition) is 1. The molecule has 0 aliphatic heterocycles. The molecule has 1 nitrogen and oxygen atoms in total. The minimum atomic E-state index is 0.0260. The third-order valence-corrected chi connectivity index (χ3v) is 1.74. The molecule has 0 aliphatic rings. The van der Waals surface area contributed by atoms with Gasteiger partial charge < -0.3 is 4.42 Å². The Kier molecular flexibility index (Phi) is 2.18. The molecule has 0 N–H and O–H groups in total. The van der Waals surface area contributed by atoms with Crippen molar-refractivity contribution in [3.63, 3.8) is 0 Å². The predicted octanol–water partition coefficient (Wildman–Crippen LogP) is 3.13. The summed E-state index contributed by atoms with van der Waals surface area (Å²) in [6, 6.07) is 3.92. The minimum absolute atomic E-state index is 0.0260. The van der Waals surface area contributed by atoms with Crippen LogP contribution in [-0.4, -0.2) is 0 Å². The van der Waals surface area contributed by atoms with E-state index < -0.39 is 0 Å². The van der Waals surface area contributed by atoms with Crippen LogP contribution in [0.25, 0.3) is 0 Å². The van der Waals surface area contributed by atoms with E-state index in [0.717, 1.165) is 5.76 Å². The van der Waals surface area contributed by atoms with Crippen LogP contribution in [0.3, 0.4) is 0 Å². The number of hydrogen-bond donors (Lipinski definition) is 0. The van der Waals surface area contributed by atoms with Crippen LogP contribution in [0.5, 0.6) is 0 Å². The maximum atomic E-state index is 5.30. The minimum Gasteiger partial charge on any atom is -0.468 e. The van der Waals surface area contributed by atoms with Gasteiger partial charge in [0.05, 0.1) is 6.26 Å². The highest BCUT2D eigenvalue weighted by Gasteiger charge is 2.18. The fraction of sp³-hybridized carbons (Fsp3) is 0.400. The molecule has 1 aromatic heterocycles. The zero-order valence-electron chi connectivity index (χ0n) is 7.29. The van der Waals surface area contributed by atoms with Gasteiger partial charge in [0.25, 0.3) is 0 Å². The average Bonchev–Trinajstić information content (AvgIpc) is 2.37. The van der Waals surface area contributed by atoms with Crippen molar-refractivity contribution in [1.29, 1.82) is 0 Å². The van der Waals surface area contributed by atoms with Crippen LogP contribution in [0.2, 0.25) is 0 Å². The van der Waals surface area contributed by atoms with Crippen molar-refractivity contribution in [3.8, 4) is 0 Å². The van der Waals surface area contributed by atoms with E-state index in [9.17, 15) is 0 Å². The lowest BCUT2D eigenvalue weighted by atomic mass is 9.90. The van der Waals surface area contributed by atoms with E-state index in [1.165, 1.54) is 0 Å². The van der Waals surface area contributed by atoms with Crippen molar-refractivity contribution in [1.82, 2.24) is 0 Å². The molecule has 0 saturated carbocycles. The Morgan fingerprint density at radius 2 is 2.18 bits per heavy atom. The fourth-order valence-corrected chi connectivity index (χ4v) is 1.14. The second-order valence-electron chi connectivity index (χ2n) is 3.20. The summed E-state index contributed by atoms with van der Waals surface area (Å²) < 4.78 is 5.30. The van der Waals surface area contributed by atoms with E-state index >= 15 is 0 Å². The van der Waals surface area contributed by atoms with E-state index in [2.05, 4.69) is 19.9 Å². The Balaban J connectivity index is 2.90. The summed E-state index contributed by atoms with van der Waals surface area (Å²) in [5.74, 6) is 1.01. The third kappa shape index (κ3) is 1.73. The molecule has 0 radical (unpaired) electrons. The first kappa shape index (κ1) is 8.12. The highest BCUT2D eigenvalue weighted by Crippen LogP contribution is 2.24. The van der Waals surface area contributed by atoms with Crippen molar-refractivity contribution in [2.75, 3.05) is 0 Å².